The second-order valence-corrected chi connectivity index (χ2v) is 4.80. The first-order chi connectivity index (χ1) is 7.15. The minimum Gasteiger partial charge on any atom is -0.385 e. The maximum Gasteiger partial charge on any atom is 0.0370 e. The van der Waals surface area contributed by atoms with Crippen LogP contribution in [0.5, 0.6) is 0 Å². The Morgan fingerprint density at radius 3 is 2.67 bits per heavy atom. The Labute approximate surface area is 91.9 Å². The molecule has 1 aliphatic rings. The van der Waals surface area contributed by atoms with Crippen molar-refractivity contribution in [1.82, 2.24) is 0 Å². The van der Waals surface area contributed by atoms with Crippen molar-refractivity contribution in [1.29, 1.82) is 0 Å². The van der Waals surface area contributed by atoms with E-state index >= 15 is 0 Å². The summed E-state index contributed by atoms with van der Waals surface area (Å²) in [6, 6.07) is 7.00. The summed E-state index contributed by atoms with van der Waals surface area (Å²) in [6.07, 6.45) is 2.36. The molecule has 0 aromatic heterocycles. The monoisotopic (exact) mass is 204 g/mol. The third-order valence-corrected chi connectivity index (χ3v) is 3.24. The second-order valence-electron chi connectivity index (χ2n) is 4.80. The third kappa shape index (κ3) is 2.51. The molecule has 1 aromatic rings. The lowest BCUT2D eigenvalue weighted by molar-refractivity contribution is 0.280. The van der Waals surface area contributed by atoms with Gasteiger partial charge in [0.1, 0.15) is 0 Å². The number of anilines is 1. The molecule has 0 radical (unpaired) electrons. The lowest BCUT2D eigenvalue weighted by atomic mass is 9.81. The largest absolute Gasteiger partial charge is 0.385 e. The topological polar surface area (TPSA) is 38.0 Å². The summed E-state index contributed by atoms with van der Waals surface area (Å²) >= 11 is 0. The van der Waals surface area contributed by atoms with Crippen molar-refractivity contribution in [3.63, 3.8) is 0 Å². The van der Waals surface area contributed by atoms with Crippen molar-refractivity contribution in [2.75, 3.05) is 11.9 Å². The summed E-state index contributed by atoms with van der Waals surface area (Å²) in [4.78, 5) is 0. The van der Waals surface area contributed by atoms with E-state index in [1.165, 1.54) is 29.7 Å². The molecule has 0 heterocycles. The quantitative estimate of drug-likeness (QED) is 0.793. The molecule has 1 aromatic carbocycles. The fourth-order valence-corrected chi connectivity index (χ4v) is 2.22. The molecule has 1 saturated carbocycles. The van der Waals surface area contributed by atoms with Crippen molar-refractivity contribution in [2.45, 2.75) is 32.7 Å². The van der Waals surface area contributed by atoms with E-state index in [0.29, 0.717) is 6.04 Å². The molecule has 3 N–H and O–H groups in total. The van der Waals surface area contributed by atoms with Crippen LogP contribution >= 0.6 is 0 Å². The smallest absolute Gasteiger partial charge is 0.0370 e. The first kappa shape index (κ1) is 10.5. The van der Waals surface area contributed by atoms with Crippen LogP contribution in [-0.4, -0.2) is 12.6 Å². The molecule has 0 bridgehead atoms. The van der Waals surface area contributed by atoms with Crippen LogP contribution in [0.25, 0.3) is 0 Å². The van der Waals surface area contributed by atoms with Crippen LogP contribution in [0.1, 0.15) is 24.0 Å². The maximum absolute atomic E-state index is 5.76. The van der Waals surface area contributed by atoms with Gasteiger partial charge < -0.3 is 11.1 Å². The maximum atomic E-state index is 5.76. The van der Waals surface area contributed by atoms with Gasteiger partial charge in [0, 0.05) is 18.3 Å². The molecule has 0 atom stereocenters. The Bertz CT molecular complexity index is 340. The van der Waals surface area contributed by atoms with E-state index in [1.807, 2.05) is 0 Å². The fraction of sp³-hybridized carbons (Fsp3) is 0.538. The zero-order valence-electron chi connectivity index (χ0n) is 9.59. The van der Waals surface area contributed by atoms with Crippen LogP contribution in [0.3, 0.4) is 0 Å². The highest BCUT2D eigenvalue weighted by molar-refractivity contribution is 5.51. The normalized spacial score (nSPS) is 24.7. The molecular formula is C13H20N2. The van der Waals surface area contributed by atoms with Crippen LogP contribution in [0, 0.1) is 19.8 Å². The van der Waals surface area contributed by atoms with Crippen molar-refractivity contribution in [3.8, 4) is 0 Å². The van der Waals surface area contributed by atoms with E-state index in [4.69, 9.17) is 5.73 Å². The van der Waals surface area contributed by atoms with Gasteiger partial charge in [-0.15, -0.1) is 0 Å². The average Bonchev–Trinajstić information content (AvgIpc) is 2.13. The highest BCUT2D eigenvalue weighted by atomic mass is 14.9. The highest BCUT2D eigenvalue weighted by Crippen LogP contribution is 2.26. The summed E-state index contributed by atoms with van der Waals surface area (Å²) in [5.41, 5.74) is 9.68. The summed E-state index contributed by atoms with van der Waals surface area (Å²) in [6.45, 7) is 5.35. The molecule has 0 unspecified atom stereocenters. The van der Waals surface area contributed by atoms with Gasteiger partial charge in [-0.1, -0.05) is 17.7 Å². The average molecular weight is 204 g/mol. The lowest BCUT2D eigenvalue weighted by Gasteiger charge is -2.32. The zero-order valence-corrected chi connectivity index (χ0v) is 9.59. The van der Waals surface area contributed by atoms with Gasteiger partial charge >= 0.3 is 0 Å². The van der Waals surface area contributed by atoms with Crippen molar-refractivity contribution in [3.05, 3.63) is 29.3 Å². The molecular weight excluding hydrogens is 184 g/mol. The molecule has 2 heteroatoms. The Morgan fingerprint density at radius 2 is 2.07 bits per heavy atom. The number of rotatable bonds is 3. The van der Waals surface area contributed by atoms with Crippen LogP contribution in [0.2, 0.25) is 0 Å². The molecule has 0 spiro atoms. The lowest BCUT2D eigenvalue weighted by Crippen LogP contribution is -2.39. The van der Waals surface area contributed by atoms with E-state index in [9.17, 15) is 0 Å². The molecule has 2 rings (SSSR count). The molecule has 1 aliphatic carbocycles. The van der Waals surface area contributed by atoms with Gasteiger partial charge in [-0.2, -0.15) is 0 Å². The van der Waals surface area contributed by atoms with Crippen LogP contribution in [0.15, 0.2) is 18.2 Å². The minimum atomic E-state index is 0.455. The van der Waals surface area contributed by atoms with Crippen LogP contribution in [0.4, 0.5) is 5.69 Å². The van der Waals surface area contributed by atoms with E-state index in [-0.39, 0.29) is 0 Å². The predicted molar refractivity (Wildman–Crippen MR) is 65.1 cm³/mol. The van der Waals surface area contributed by atoms with Crippen molar-refractivity contribution in [2.24, 2.45) is 11.7 Å². The van der Waals surface area contributed by atoms with Gasteiger partial charge in [-0.25, -0.2) is 0 Å². The molecule has 15 heavy (non-hydrogen) atoms. The minimum absolute atomic E-state index is 0.455. The van der Waals surface area contributed by atoms with Crippen LogP contribution in [-0.2, 0) is 0 Å². The van der Waals surface area contributed by atoms with E-state index < -0.39 is 0 Å². The van der Waals surface area contributed by atoms with E-state index in [2.05, 4.69) is 37.4 Å². The second kappa shape index (κ2) is 4.23. The molecule has 0 aliphatic heterocycles. The van der Waals surface area contributed by atoms with E-state index in [1.54, 1.807) is 0 Å². The number of benzene rings is 1. The van der Waals surface area contributed by atoms with Crippen molar-refractivity contribution < 1.29 is 0 Å². The summed E-state index contributed by atoms with van der Waals surface area (Å²) in [5, 5.41) is 3.51. The van der Waals surface area contributed by atoms with Gasteiger partial charge in [0.2, 0.25) is 0 Å². The third-order valence-electron chi connectivity index (χ3n) is 3.24. The number of aryl methyl sites for hydroxylation is 2. The Kier molecular flexibility index (Phi) is 2.96. The van der Waals surface area contributed by atoms with Gasteiger partial charge in [0.05, 0.1) is 0 Å². The van der Waals surface area contributed by atoms with Gasteiger partial charge in [0.15, 0.2) is 0 Å². The van der Waals surface area contributed by atoms with Gasteiger partial charge in [-0.05, 0) is 44.2 Å². The fourth-order valence-electron chi connectivity index (χ4n) is 2.22. The highest BCUT2D eigenvalue weighted by Gasteiger charge is 2.25. The predicted octanol–water partition coefficient (Wildman–Crippen LogP) is 2.45. The molecule has 0 amide bonds. The molecule has 1 fully saturated rings. The first-order valence-corrected chi connectivity index (χ1v) is 5.72. The van der Waals surface area contributed by atoms with Gasteiger partial charge in [-0.3, -0.25) is 0 Å². The van der Waals surface area contributed by atoms with Gasteiger partial charge in [0.25, 0.3) is 0 Å². The molecule has 82 valence electrons. The van der Waals surface area contributed by atoms with E-state index in [0.717, 1.165) is 12.5 Å². The number of hydrogen-bond acceptors (Lipinski definition) is 2. The first-order valence-electron chi connectivity index (χ1n) is 5.72. The summed E-state index contributed by atoms with van der Waals surface area (Å²) in [7, 11) is 0. The number of hydrogen-bond donors (Lipinski definition) is 2. The standard InChI is InChI=1S/C13H20N2/c1-9-3-4-13(10(2)5-9)15-8-11-6-12(14)7-11/h3-5,11-12,15H,6-8,14H2,1-2H3. The Hall–Kier alpha value is -1.02. The van der Waals surface area contributed by atoms with Crippen LogP contribution < -0.4 is 11.1 Å². The molecule has 2 nitrogen and oxygen atoms in total. The summed E-state index contributed by atoms with van der Waals surface area (Å²) in [5.74, 6) is 0.778. The zero-order chi connectivity index (χ0) is 10.8. The molecule has 0 saturated heterocycles. The Balaban J connectivity index is 1.88. The van der Waals surface area contributed by atoms with Crippen molar-refractivity contribution >= 4 is 5.69 Å². The number of nitrogens with one attached hydrogen (secondary N) is 1. The number of nitrogens with two attached hydrogens (primary N) is 1. The Morgan fingerprint density at radius 1 is 1.33 bits per heavy atom. The summed E-state index contributed by atoms with van der Waals surface area (Å²) < 4.78 is 0. The SMILES string of the molecule is Cc1ccc(NCC2CC(N)C2)c(C)c1.